The second kappa shape index (κ2) is 8.07. The molecule has 0 aliphatic heterocycles. The van der Waals surface area contributed by atoms with E-state index in [9.17, 15) is 9.59 Å². The summed E-state index contributed by atoms with van der Waals surface area (Å²) in [4.78, 5) is 25.8. The highest BCUT2D eigenvalue weighted by Gasteiger charge is 2.07. The van der Waals surface area contributed by atoms with Gasteiger partial charge in [-0.15, -0.1) is 0 Å². The zero-order chi connectivity index (χ0) is 14.1. The SMILES string of the molecule is CC(CCC(=O)O)CNC(=O)NCc1ccncc1. The zero-order valence-corrected chi connectivity index (χ0v) is 10.9. The molecule has 3 N–H and O–H groups in total. The molecule has 0 saturated heterocycles. The Bertz CT molecular complexity index is 409. The highest BCUT2D eigenvalue weighted by molar-refractivity contribution is 5.73. The van der Waals surface area contributed by atoms with Gasteiger partial charge in [0.05, 0.1) is 0 Å². The average Bonchev–Trinajstić information content (AvgIpc) is 2.41. The van der Waals surface area contributed by atoms with Crippen molar-refractivity contribution in [2.24, 2.45) is 5.92 Å². The first-order chi connectivity index (χ1) is 9.08. The highest BCUT2D eigenvalue weighted by atomic mass is 16.4. The van der Waals surface area contributed by atoms with Crippen molar-refractivity contribution >= 4 is 12.0 Å². The molecular weight excluding hydrogens is 246 g/mol. The topological polar surface area (TPSA) is 91.3 Å². The van der Waals surface area contributed by atoms with Gasteiger partial charge in [0, 0.05) is 31.9 Å². The molecule has 0 aliphatic carbocycles. The lowest BCUT2D eigenvalue weighted by Crippen LogP contribution is -2.37. The second-order valence-corrected chi connectivity index (χ2v) is 4.46. The zero-order valence-electron chi connectivity index (χ0n) is 10.9. The molecule has 1 heterocycles. The third kappa shape index (κ3) is 7.03. The number of carboxylic acid groups (broad SMARTS) is 1. The number of nitrogens with zero attached hydrogens (tertiary/aromatic N) is 1. The number of carboxylic acids is 1. The molecule has 19 heavy (non-hydrogen) atoms. The van der Waals surface area contributed by atoms with Gasteiger partial charge in [0.25, 0.3) is 0 Å². The van der Waals surface area contributed by atoms with Crippen LogP contribution in [0.15, 0.2) is 24.5 Å². The maximum absolute atomic E-state index is 11.5. The molecule has 0 spiro atoms. The molecule has 1 aromatic heterocycles. The molecule has 6 nitrogen and oxygen atoms in total. The van der Waals surface area contributed by atoms with E-state index in [4.69, 9.17) is 5.11 Å². The molecule has 1 rings (SSSR count). The van der Waals surface area contributed by atoms with E-state index in [-0.39, 0.29) is 18.4 Å². The van der Waals surface area contributed by atoms with Crippen molar-refractivity contribution in [2.75, 3.05) is 6.54 Å². The fourth-order valence-electron chi connectivity index (χ4n) is 1.48. The summed E-state index contributed by atoms with van der Waals surface area (Å²) in [5.41, 5.74) is 0.976. The Labute approximate surface area is 112 Å². The summed E-state index contributed by atoms with van der Waals surface area (Å²) < 4.78 is 0. The number of aliphatic carboxylic acids is 1. The van der Waals surface area contributed by atoms with Crippen molar-refractivity contribution in [2.45, 2.75) is 26.3 Å². The molecule has 1 atom stereocenters. The van der Waals surface area contributed by atoms with Crippen LogP contribution in [-0.2, 0) is 11.3 Å². The van der Waals surface area contributed by atoms with Crippen molar-refractivity contribution in [1.82, 2.24) is 15.6 Å². The molecule has 0 saturated carbocycles. The Kier molecular flexibility index (Phi) is 6.35. The maximum Gasteiger partial charge on any atom is 0.315 e. The van der Waals surface area contributed by atoms with E-state index in [1.54, 1.807) is 12.4 Å². The number of amides is 2. The van der Waals surface area contributed by atoms with Crippen molar-refractivity contribution in [1.29, 1.82) is 0 Å². The van der Waals surface area contributed by atoms with Gasteiger partial charge in [-0.05, 0) is 30.0 Å². The van der Waals surface area contributed by atoms with Gasteiger partial charge >= 0.3 is 12.0 Å². The van der Waals surface area contributed by atoms with Gasteiger partial charge in [-0.25, -0.2) is 4.79 Å². The van der Waals surface area contributed by atoms with E-state index in [0.29, 0.717) is 19.5 Å². The molecule has 0 bridgehead atoms. The van der Waals surface area contributed by atoms with Crippen LogP contribution in [0.3, 0.4) is 0 Å². The van der Waals surface area contributed by atoms with Crippen molar-refractivity contribution < 1.29 is 14.7 Å². The van der Waals surface area contributed by atoms with Crippen LogP contribution in [0, 0.1) is 5.92 Å². The Morgan fingerprint density at radius 2 is 2.00 bits per heavy atom. The first kappa shape index (κ1) is 14.9. The van der Waals surface area contributed by atoms with Crippen LogP contribution in [0.1, 0.15) is 25.3 Å². The molecule has 0 fully saturated rings. The summed E-state index contributed by atoms with van der Waals surface area (Å²) in [6.45, 7) is 2.82. The molecule has 0 radical (unpaired) electrons. The van der Waals surface area contributed by atoms with E-state index in [1.807, 2.05) is 19.1 Å². The van der Waals surface area contributed by atoms with E-state index >= 15 is 0 Å². The molecule has 2 amide bonds. The van der Waals surface area contributed by atoms with Crippen LogP contribution in [0.2, 0.25) is 0 Å². The first-order valence-corrected chi connectivity index (χ1v) is 6.20. The Morgan fingerprint density at radius 1 is 1.32 bits per heavy atom. The molecule has 1 aromatic rings. The predicted molar refractivity (Wildman–Crippen MR) is 70.5 cm³/mol. The number of pyridine rings is 1. The fraction of sp³-hybridized carbons (Fsp3) is 0.462. The predicted octanol–water partition coefficient (Wildman–Crippen LogP) is 1.38. The van der Waals surface area contributed by atoms with Crippen LogP contribution in [0.25, 0.3) is 0 Å². The summed E-state index contributed by atoms with van der Waals surface area (Å²) in [5.74, 6) is -0.670. The van der Waals surface area contributed by atoms with Crippen molar-refractivity contribution in [3.05, 3.63) is 30.1 Å². The van der Waals surface area contributed by atoms with Crippen LogP contribution in [0.4, 0.5) is 4.79 Å². The van der Waals surface area contributed by atoms with Gasteiger partial charge < -0.3 is 15.7 Å². The molecule has 104 valence electrons. The minimum absolute atomic E-state index is 0.126. The van der Waals surface area contributed by atoms with Crippen LogP contribution in [0.5, 0.6) is 0 Å². The van der Waals surface area contributed by atoms with Gasteiger partial charge in [0.1, 0.15) is 0 Å². The van der Waals surface area contributed by atoms with Crippen LogP contribution in [-0.4, -0.2) is 28.6 Å². The number of carbonyl (C=O) groups is 2. The third-order valence-electron chi connectivity index (χ3n) is 2.66. The Hall–Kier alpha value is -2.11. The summed E-state index contributed by atoms with van der Waals surface area (Å²) in [7, 11) is 0. The lowest BCUT2D eigenvalue weighted by molar-refractivity contribution is -0.137. The summed E-state index contributed by atoms with van der Waals surface area (Å²) in [6.07, 6.45) is 4.02. The van der Waals surface area contributed by atoms with Crippen molar-refractivity contribution in [3.63, 3.8) is 0 Å². The second-order valence-electron chi connectivity index (χ2n) is 4.46. The Morgan fingerprint density at radius 3 is 2.63 bits per heavy atom. The number of hydrogen-bond acceptors (Lipinski definition) is 3. The summed E-state index contributed by atoms with van der Waals surface area (Å²) in [5, 5.41) is 14.0. The van der Waals surface area contributed by atoms with Gasteiger partial charge in [0.15, 0.2) is 0 Å². The third-order valence-corrected chi connectivity index (χ3v) is 2.66. The van der Waals surface area contributed by atoms with E-state index < -0.39 is 5.97 Å². The molecule has 0 aliphatic rings. The van der Waals surface area contributed by atoms with E-state index in [2.05, 4.69) is 15.6 Å². The fourth-order valence-corrected chi connectivity index (χ4v) is 1.48. The van der Waals surface area contributed by atoms with Gasteiger partial charge in [0.2, 0.25) is 0 Å². The largest absolute Gasteiger partial charge is 0.481 e. The minimum Gasteiger partial charge on any atom is -0.481 e. The first-order valence-electron chi connectivity index (χ1n) is 6.20. The van der Waals surface area contributed by atoms with Gasteiger partial charge in [-0.1, -0.05) is 6.92 Å². The normalized spacial score (nSPS) is 11.6. The number of aromatic nitrogens is 1. The van der Waals surface area contributed by atoms with Gasteiger partial charge in [-0.3, -0.25) is 9.78 Å². The molecule has 6 heteroatoms. The summed E-state index contributed by atoms with van der Waals surface area (Å²) >= 11 is 0. The highest BCUT2D eigenvalue weighted by Crippen LogP contribution is 2.03. The number of rotatable bonds is 7. The quantitative estimate of drug-likeness (QED) is 0.694. The summed E-state index contributed by atoms with van der Waals surface area (Å²) in [6, 6.07) is 3.41. The minimum atomic E-state index is -0.811. The van der Waals surface area contributed by atoms with Gasteiger partial charge in [-0.2, -0.15) is 0 Å². The molecule has 1 unspecified atom stereocenters. The van der Waals surface area contributed by atoms with Crippen LogP contribution >= 0.6 is 0 Å². The van der Waals surface area contributed by atoms with Crippen LogP contribution < -0.4 is 10.6 Å². The van der Waals surface area contributed by atoms with Crippen molar-refractivity contribution in [3.8, 4) is 0 Å². The molecular formula is C13H19N3O3. The van der Waals surface area contributed by atoms with E-state index in [0.717, 1.165) is 5.56 Å². The van der Waals surface area contributed by atoms with E-state index in [1.165, 1.54) is 0 Å². The number of nitrogens with one attached hydrogen (secondary N) is 2. The lowest BCUT2D eigenvalue weighted by atomic mass is 10.1. The maximum atomic E-state index is 11.5. The number of urea groups is 1. The standard InChI is InChI=1S/C13H19N3O3/c1-10(2-3-12(17)18)8-15-13(19)16-9-11-4-6-14-7-5-11/h4-7,10H,2-3,8-9H2,1H3,(H,17,18)(H2,15,16,19). The smallest absolute Gasteiger partial charge is 0.315 e. The lowest BCUT2D eigenvalue weighted by Gasteiger charge is -2.12. The average molecular weight is 265 g/mol. The monoisotopic (exact) mass is 265 g/mol. The Balaban J connectivity index is 2.16. The number of carbonyl (C=O) groups excluding carboxylic acids is 1. The molecule has 0 aromatic carbocycles. The number of hydrogen-bond donors (Lipinski definition) is 3.